The van der Waals surface area contributed by atoms with Crippen molar-refractivity contribution in [2.24, 2.45) is 17.6 Å². The molecule has 0 aliphatic heterocycles. The first-order valence-corrected chi connectivity index (χ1v) is 7.58. The molecule has 0 radical (unpaired) electrons. The number of nitrogens with zero attached hydrogens (tertiary/aromatic N) is 1. The molecule has 0 heterocycles. The van der Waals surface area contributed by atoms with Gasteiger partial charge in [-0.25, -0.2) is 0 Å². The van der Waals surface area contributed by atoms with E-state index in [1.54, 1.807) is 0 Å². The minimum Gasteiger partial charge on any atom is -0.389 e. The van der Waals surface area contributed by atoms with Gasteiger partial charge >= 0.3 is 0 Å². The van der Waals surface area contributed by atoms with Crippen LogP contribution < -0.4 is 5.73 Å². The Kier molecular flexibility index (Phi) is 6.09. The lowest BCUT2D eigenvalue weighted by Gasteiger charge is -2.43. The van der Waals surface area contributed by atoms with E-state index in [1.165, 1.54) is 25.7 Å². The van der Waals surface area contributed by atoms with Crippen LogP contribution in [0.3, 0.4) is 0 Å². The molecular formula is C15H32N2O. The largest absolute Gasteiger partial charge is 0.389 e. The van der Waals surface area contributed by atoms with Gasteiger partial charge in [0.2, 0.25) is 0 Å². The zero-order valence-electron chi connectivity index (χ0n) is 12.7. The quantitative estimate of drug-likeness (QED) is 0.766. The van der Waals surface area contributed by atoms with E-state index < -0.39 is 5.60 Å². The second kappa shape index (κ2) is 6.88. The molecule has 0 spiro atoms. The Morgan fingerprint density at radius 3 is 2.44 bits per heavy atom. The highest BCUT2D eigenvalue weighted by Crippen LogP contribution is 2.29. The summed E-state index contributed by atoms with van der Waals surface area (Å²) < 4.78 is 0. The Balaban J connectivity index is 2.69. The van der Waals surface area contributed by atoms with E-state index >= 15 is 0 Å². The maximum Gasteiger partial charge on any atom is 0.0768 e. The van der Waals surface area contributed by atoms with Crippen molar-refractivity contribution in [2.75, 3.05) is 19.6 Å². The number of hydrogen-bond donors (Lipinski definition) is 2. The van der Waals surface area contributed by atoms with Gasteiger partial charge in [-0.2, -0.15) is 0 Å². The van der Waals surface area contributed by atoms with Crippen molar-refractivity contribution in [3.05, 3.63) is 0 Å². The third-order valence-electron chi connectivity index (χ3n) is 4.81. The summed E-state index contributed by atoms with van der Waals surface area (Å²) in [4.78, 5) is 2.46. The lowest BCUT2D eigenvalue weighted by molar-refractivity contribution is -0.0389. The average Bonchev–Trinajstić information content (AvgIpc) is 2.35. The van der Waals surface area contributed by atoms with Gasteiger partial charge in [-0.1, -0.05) is 33.6 Å². The van der Waals surface area contributed by atoms with Gasteiger partial charge in [0.05, 0.1) is 5.60 Å². The molecule has 0 aromatic carbocycles. The minimum absolute atomic E-state index is 0.284. The molecule has 18 heavy (non-hydrogen) atoms. The number of nitrogens with two attached hydrogens (primary N) is 1. The lowest BCUT2D eigenvalue weighted by atomic mass is 9.82. The van der Waals surface area contributed by atoms with E-state index in [-0.39, 0.29) is 5.92 Å². The van der Waals surface area contributed by atoms with Crippen LogP contribution in [0.4, 0.5) is 0 Å². The fraction of sp³-hybridized carbons (Fsp3) is 1.00. The first-order chi connectivity index (χ1) is 8.42. The zero-order valence-corrected chi connectivity index (χ0v) is 12.7. The molecule has 108 valence electrons. The van der Waals surface area contributed by atoms with Crippen LogP contribution in [0, 0.1) is 11.8 Å². The summed E-state index contributed by atoms with van der Waals surface area (Å²) >= 11 is 0. The third kappa shape index (κ3) is 3.94. The van der Waals surface area contributed by atoms with Crippen molar-refractivity contribution < 1.29 is 5.11 Å². The molecule has 0 aromatic heterocycles. The number of aliphatic hydroxyl groups is 1. The molecule has 3 nitrogen and oxygen atoms in total. The predicted octanol–water partition coefficient (Wildman–Crippen LogP) is 2.23. The van der Waals surface area contributed by atoms with E-state index in [4.69, 9.17) is 5.73 Å². The smallest absolute Gasteiger partial charge is 0.0768 e. The Morgan fingerprint density at radius 1 is 1.33 bits per heavy atom. The molecule has 1 aliphatic rings. The summed E-state index contributed by atoms with van der Waals surface area (Å²) in [5, 5.41) is 10.5. The van der Waals surface area contributed by atoms with Crippen LogP contribution in [0.2, 0.25) is 0 Å². The Labute approximate surface area is 113 Å². The van der Waals surface area contributed by atoms with E-state index in [9.17, 15) is 5.11 Å². The fourth-order valence-electron chi connectivity index (χ4n) is 3.00. The summed E-state index contributed by atoms with van der Waals surface area (Å²) in [6.45, 7) is 10.9. The highest BCUT2D eigenvalue weighted by atomic mass is 16.3. The highest BCUT2D eigenvalue weighted by molar-refractivity contribution is 4.88. The minimum atomic E-state index is -0.605. The molecule has 3 N–H and O–H groups in total. The second-order valence-corrected chi connectivity index (χ2v) is 6.42. The molecule has 3 unspecified atom stereocenters. The fourth-order valence-corrected chi connectivity index (χ4v) is 3.00. The van der Waals surface area contributed by atoms with Gasteiger partial charge in [-0.05, 0) is 44.7 Å². The predicted molar refractivity (Wildman–Crippen MR) is 77.5 cm³/mol. The summed E-state index contributed by atoms with van der Waals surface area (Å²) in [6.07, 6.45) is 5.11. The number of rotatable bonds is 6. The average molecular weight is 256 g/mol. The molecule has 0 saturated heterocycles. The highest BCUT2D eigenvalue weighted by Gasteiger charge is 2.34. The maximum atomic E-state index is 10.5. The van der Waals surface area contributed by atoms with Gasteiger partial charge in [0, 0.05) is 12.6 Å². The van der Waals surface area contributed by atoms with Crippen LogP contribution >= 0.6 is 0 Å². The van der Waals surface area contributed by atoms with Crippen LogP contribution in [-0.2, 0) is 0 Å². The summed E-state index contributed by atoms with van der Waals surface area (Å²) in [6, 6.07) is 0.568. The molecule has 1 rings (SSSR count). The molecule has 0 amide bonds. The van der Waals surface area contributed by atoms with Crippen LogP contribution in [-0.4, -0.2) is 41.3 Å². The van der Waals surface area contributed by atoms with Gasteiger partial charge in [0.1, 0.15) is 0 Å². The topological polar surface area (TPSA) is 49.5 Å². The molecule has 0 aromatic rings. The Morgan fingerprint density at radius 2 is 1.94 bits per heavy atom. The third-order valence-corrected chi connectivity index (χ3v) is 4.81. The molecule has 3 heteroatoms. The molecule has 1 saturated carbocycles. The Hall–Kier alpha value is -0.120. The monoisotopic (exact) mass is 256 g/mol. The van der Waals surface area contributed by atoms with Crippen molar-refractivity contribution in [1.82, 2.24) is 4.90 Å². The first-order valence-electron chi connectivity index (χ1n) is 7.58. The van der Waals surface area contributed by atoms with Gasteiger partial charge < -0.3 is 10.8 Å². The van der Waals surface area contributed by atoms with Gasteiger partial charge in [0.15, 0.2) is 0 Å². The van der Waals surface area contributed by atoms with Crippen LogP contribution in [0.15, 0.2) is 0 Å². The van der Waals surface area contributed by atoms with Crippen molar-refractivity contribution in [1.29, 1.82) is 0 Å². The van der Waals surface area contributed by atoms with Crippen molar-refractivity contribution >= 4 is 0 Å². The van der Waals surface area contributed by atoms with E-state index in [2.05, 4.69) is 25.7 Å². The molecule has 0 bridgehead atoms. The van der Waals surface area contributed by atoms with Crippen LogP contribution in [0.1, 0.15) is 53.4 Å². The maximum absolute atomic E-state index is 10.5. The lowest BCUT2D eigenvalue weighted by Crippen LogP contribution is -2.52. The van der Waals surface area contributed by atoms with Crippen LogP contribution in [0.5, 0.6) is 0 Å². The summed E-state index contributed by atoms with van der Waals surface area (Å²) in [5.41, 5.74) is 5.32. The second-order valence-electron chi connectivity index (χ2n) is 6.42. The van der Waals surface area contributed by atoms with Gasteiger partial charge in [-0.3, -0.25) is 4.90 Å². The van der Waals surface area contributed by atoms with E-state index in [0.29, 0.717) is 12.0 Å². The summed E-state index contributed by atoms with van der Waals surface area (Å²) in [5.74, 6) is 0.896. The van der Waals surface area contributed by atoms with Crippen LogP contribution in [0.25, 0.3) is 0 Å². The molecular weight excluding hydrogens is 224 g/mol. The zero-order chi connectivity index (χ0) is 13.8. The van der Waals surface area contributed by atoms with Gasteiger partial charge in [0.25, 0.3) is 0 Å². The standard InChI is InChI=1S/C15H32N2O/c1-5-17(11-15(4,18)12(2)3)14-9-7-6-8-13(14)10-16/h12-14,18H,5-11,16H2,1-4H3. The van der Waals surface area contributed by atoms with Crippen molar-refractivity contribution in [3.8, 4) is 0 Å². The van der Waals surface area contributed by atoms with E-state index in [0.717, 1.165) is 19.6 Å². The first kappa shape index (κ1) is 15.9. The number of likely N-dealkylation sites (N-methyl/N-ethyl adjacent to an activating group) is 1. The molecule has 1 aliphatic carbocycles. The number of hydrogen-bond acceptors (Lipinski definition) is 3. The van der Waals surface area contributed by atoms with Crippen molar-refractivity contribution in [3.63, 3.8) is 0 Å². The van der Waals surface area contributed by atoms with Gasteiger partial charge in [-0.15, -0.1) is 0 Å². The molecule has 1 fully saturated rings. The molecule has 3 atom stereocenters. The Bertz CT molecular complexity index is 241. The van der Waals surface area contributed by atoms with E-state index in [1.807, 2.05) is 6.92 Å². The van der Waals surface area contributed by atoms with Crippen molar-refractivity contribution in [2.45, 2.75) is 65.0 Å². The SMILES string of the molecule is CCN(CC(C)(O)C(C)C)C1CCCCC1CN. The summed E-state index contributed by atoms with van der Waals surface area (Å²) in [7, 11) is 0. The normalized spacial score (nSPS) is 28.7.